The smallest absolute Gasteiger partial charge is 0.249 e. The van der Waals surface area contributed by atoms with Gasteiger partial charge in [-0.25, -0.2) is 4.39 Å². The fourth-order valence-electron chi connectivity index (χ4n) is 2.83. The van der Waals surface area contributed by atoms with E-state index in [-0.39, 0.29) is 23.5 Å². The van der Waals surface area contributed by atoms with E-state index < -0.39 is 6.04 Å². The van der Waals surface area contributed by atoms with Crippen LogP contribution in [0.25, 0.3) is 10.6 Å². The van der Waals surface area contributed by atoms with E-state index >= 15 is 0 Å². The van der Waals surface area contributed by atoms with Crippen molar-refractivity contribution in [1.29, 1.82) is 0 Å². The lowest BCUT2D eigenvalue weighted by Crippen LogP contribution is -2.47. The van der Waals surface area contributed by atoms with Gasteiger partial charge in [0.2, 0.25) is 16.9 Å². The van der Waals surface area contributed by atoms with Crippen LogP contribution in [-0.2, 0) is 9.59 Å². The Labute approximate surface area is 175 Å². The van der Waals surface area contributed by atoms with Gasteiger partial charge in [-0.2, -0.15) is 0 Å². The van der Waals surface area contributed by atoms with E-state index in [4.69, 9.17) is 0 Å². The molecule has 2 aromatic rings. The number of benzene rings is 1. The molecule has 0 aliphatic carbocycles. The molecule has 0 unspecified atom stereocenters. The van der Waals surface area contributed by atoms with Crippen molar-refractivity contribution in [2.75, 3.05) is 5.32 Å². The second-order valence-corrected chi connectivity index (χ2v) is 8.13. The van der Waals surface area contributed by atoms with Gasteiger partial charge < -0.3 is 5.32 Å². The van der Waals surface area contributed by atoms with Crippen LogP contribution in [0.5, 0.6) is 0 Å². The van der Waals surface area contributed by atoms with E-state index in [1.165, 1.54) is 23.5 Å². The van der Waals surface area contributed by atoms with Crippen molar-refractivity contribution in [3.05, 3.63) is 30.1 Å². The molecule has 2 atom stereocenters. The molecule has 1 aromatic carbocycles. The standard InChI is InChI=1S/C21H29FN4O2S/c1-4-6-7-8-9-17(27)23-18(14(3)5-2)19(28)24-21-26-25-20(29-21)15-10-12-16(22)13-11-15/h10-14,18H,4-9H2,1-3H3,(H,23,27)(H,24,26,28)/t14-,18+/m0/s1. The van der Waals surface area contributed by atoms with Gasteiger partial charge in [-0.15, -0.1) is 10.2 Å². The number of carbonyl (C=O) groups excluding carboxylic acids is 2. The van der Waals surface area contributed by atoms with Crippen LogP contribution >= 0.6 is 11.3 Å². The summed E-state index contributed by atoms with van der Waals surface area (Å²) in [5.41, 5.74) is 0.725. The SMILES string of the molecule is CCCCCCC(=O)N[C@@H](C(=O)Nc1nnc(-c2ccc(F)cc2)s1)[C@@H](C)CC. The summed E-state index contributed by atoms with van der Waals surface area (Å²) >= 11 is 1.21. The van der Waals surface area contributed by atoms with Crippen LogP contribution < -0.4 is 10.6 Å². The molecule has 0 fully saturated rings. The van der Waals surface area contributed by atoms with E-state index in [0.29, 0.717) is 16.6 Å². The maximum atomic E-state index is 13.1. The molecule has 0 spiro atoms. The minimum Gasteiger partial charge on any atom is -0.344 e. The Morgan fingerprint density at radius 2 is 1.83 bits per heavy atom. The van der Waals surface area contributed by atoms with Crippen LogP contribution in [0.1, 0.15) is 59.3 Å². The Kier molecular flexibility index (Phi) is 9.18. The summed E-state index contributed by atoms with van der Waals surface area (Å²) in [5.74, 6) is -0.749. The number of hydrogen-bond donors (Lipinski definition) is 2. The molecule has 158 valence electrons. The van der Waals surface area contributed by atoms with Crippen LogP contribution in [0.2, 0.25) is 0 Å². The average molecular weight is 421 g/mol. The molecule has 0 aliphatic rings. The molecule has 6 nitrogen and oxygen atoms in total. The highest BCUT2D eigenvalue weighted by Crippen LogP contribution is 2.26. The van der Waals surface area contributed by atoms with E-state index in [1.807, 2.05) is 13.8 Å². The number of hydrogen-bond acceptors (Lipinski definition) is 5. The quantitative estimate of drug-likeness (QED) is 0.512. The van der Waals surface area contributed by atoms with Gasteiger partial charge in [0.05, 0.1) is 0 Å². The molecule has 1 heterocycles. The molecule has 0 aliphatic heterocycles. The molecule has 29 heavy (non-hydrogen) atoms. The number of rotatable bonds is 11. The number of nitrogens with one attached hydrogen (secondary N) is 2. The minimum absolute atomic E-state index is 0.0147. The number of halogens is 1. The topological polar surface area (TPSA) is 84.0 Å². The predicted octanol–water partition coefficient (Wildman–Crippen LogP) is 4.78. The number of anilines is 1. The summed E-state index contributed by atoms with van der Waals surface area (Å²) in [6, 6.07) is 5.30. The van der Waals surface area contributed by atoms with Crippen molar-refractivity contribution in [2.24, 2.45) is 5.92 Å². The van der Waals surface area contributed by atoms with Crippen LogP contribution in [0.3, 0.4) is 0 Å². The Morgan fingerprint density at radius 1 is 1.10 bits per heavy atom. The van der Waals surface area contributed by atoms with Gasteiger partial charge in [-0.3, -0.25) is 14.9 Å². The average Bonchev–Trinajstić information content (AvgIpc) is 3.17. The third-order valence-electron chi connectivity index (χ3n) is 4.82. The lowest BCUT2D eigenvalue weighted by molar-refractivity contribution is -0.127. The molecule has 0 bridgehead atoms. The molecule has 2 N–H and O–H groups in total. The molecular weight excluding hydrogens is 391 g/mol. The van der Waals surface area contributed by atoms with E-state index in [9.17, 15) is 14.0 Å². The summed E-state index contributed by atoms with van der Waals surface area (Å²) in [6.07, 6.45) is 5.24. The van der Waals surface area contributed by atoms with Gasteiger partial charge >= 0.3 is 0 Å². The highest BCUT2D eigenvalue weighted by atomic mass is 32.1. The lowest BCUT2D eigenvalue weighted by atomic mass is 9.98. The van der Waals surface area contributed by atoms with Crippen LogP contribution in [0.4, 0.5) is 9.52 Å². The first-order chi connectivity index (χ1) is 13.9. The van der Waals surface area contributed by atoms with Crippen molar-refractivity contribution in [1.82, 2.24) is 15.5 Å². The maximum Gasteiger partial charge on any atom is 0.249 e. The third kappa shape index (κ3) is 7.20. The van der Waals surface area contributed by atoms with Gasteiger partial charge in [0, 0.05) is 12.0 Å². The Balaban J connectivity index is 1.99. The highest BCUT2D eigenvalue weighted by molar-refractivity contribution is 7.18. The largest absolute Gasteiger partial charge is 0.344 e. The molecule has 0 saturated carbocycles. The van der Waals surface area contributed by atoms with Crippen molar-refractivity contribution in [3.63, 3.8) is 0 Å². The Morgan fingerprint density at radius 3 is 2.48 bits per heavy atom. The molecule has 0 radical (unpaired) electrons. The van der Waals surface area contributed by atoms with Gasteiger partial charge in [0.15, 0.2) is 0 Å². The monoisotopic (exact) mass is 420 g/mol. The fourth-order valence-corrected chi connectivity index (χ4v) is 3.58. The summed E-state index contributed by atoms with van der Waals surface area (Å²) in [7, 11) is 0. The number of unbranched alkanes of at least 4 members (excludes halogenated alkanes) is 3. The van der Waals surface area contributed by atoms with Crippen molar-refractivity contribution >= 4 is 28.3 Å². The second-order valence-electron chi connectivity index (χ2n) is 7.15. The van der Waals surface area contributed by atoms with E-state index in [0.717, 1.165) is 37.7 Å². The first-order valence-corrected chi connectivity index (χ1v) is 11.0. The number of nitrogens with zero attached hydrogens (tertiary/aromatic N) is 2. The van der Waals surface area contributed by atoms with Crippen molar-refractivity contribution in [3.8, 4) is 10.6 Å². The first kappa shape index (κ1) is 22.9. The molecule has 0 saturated heterocycles. The molecule has 2 amide bonds. The highest BCUT2D eigenvalue weighted by Gasteiger charge is 2.26. The second kappa shape index (κ2) is 11.6. The van der Waals surface area contributed by atoms with E-state index in [1.54, 1.807) is 12.1 Å². The Bertz CT molecular complexity index is 794. The zero-order valence-electron chi connectivity index (χ0n) is 17.2. The normalized spacial score (nSPS) is 13.0. The molecule has 1 aromatic heterocycles. The summed E-state index contributed by atoms with van der Waals surface area (Å²) in [6.45, 7) is 6.04. The van der Waals surface area contributed by atoms with Crippen molar-refractivity contribution in [2.45, 2.75) is 65.3 Å². The number of amides is 2. The zero-order chi connectivity index (χ0) is 21.2. The van der Waals surface area contributed by atoms with Gasteiger partial charge in [-0.1, -0.05) is 57.8 Å². The van der Waals surface area contributed by atoms with E-state index in [2.05, 4.69) is 27.8 Å². The maximum absolute atomic E-state index is 13.1. The summed E-state index contributed by atoms with van der Waals surface area (Å²) in [4.78, 5) is 25.0. The first-order valence-electron chi connectivity index (χ1n) is 10.1. The third-order valence-corrected chi connectivity index (χ3v) is 5.70. The lowest BCUT2D eigenvalue weighted by Gasteiger charge is -2.23. The summed E-state index contributed by atoms with van der Waals surface area (Å²) in [5, 5.41) is 14.6. The van der Waals surface area contributed by atoms with Gasteiger partial charge in [-0.05, 0) is 36.6 Å². The fraction of sp³-hybridized carbons (Fsp3) is 0.524. The molecule has 8 heteroatoms. The molecule has 2 rings (SSSR count). The van der Waals surface area contributed by atoms with Crippen LogP contribution in [0, 0.1) is 11.7 Å². The van der Waals surface area contributed by atoms with Crippen LogP contribution in [0.15, 0.2) is 24.3 Å². The molecular formula is C21H29FN4O2S. The van der Waals surface area contributed by atoms with Crippen LogP contribution in [-0.4, -0.2) is 28.1 Å². The van der Waals surface area contributed by atoms with Gasteiger partial charge in [0.1, 0.15) is 16.9 Å². The number of carbonyl (C=O) groups is 2. The minimum atomic E-state index is -0.628. The Hall–Kier alpha value is -2.35. The predicted molar refractivity (Wildman–Crippen MR) is 114 cm³/mol. The number of aromatic nitrogens is 2. The van der Waals surface area contributed by atoms with Crippen molar-refractivity contribution < 1.29 is 14.0 Å². The summed E-state index contributed by atoms with van der Waals surface area (Å²) < 4.78 is 13.1. The van der Waals surface area contributed by atoms with Gasteiger partial charge in [0.25, 0.3) is 0 Å². The zero-order valence-corrected chi connectivity index (χ0v) is 18.0.